The number of furan rings is 1. The van der Waals surface area contributed by atoms with E-state index in [4.69, 9.17) is 44.9 Å². The molecule has 0 saturated carbocycles. The van der Waals surface area contributed by atoms with Crippen molar-refractivity contribution in [2.75, 3.05) is 40.5 Å². The molecule has 1 aliphatic heterocycles. The Balaban J connectivity index is 0.000000429. The summed E-state index contributed by atoms with van der Waals surface area (Å²) in [6.45, 7) is 4.11. The van der Waals surface area contributed by atoms with Crippen LogP contribution in [0.3, 0.4) is 0 Å². The van der Waals surface area contributed by atoms with E-state index in [9.17, 15) is 14.7 Å². The molecule has 2 aromatic heterocycles. The van der Waals surface area contributed by atoms with Gasteiger partial charge in [-0.15, -0.1) is 10.2 Å². The Labute approximate surface area is 297 Å². The molecule has 51 heavy (non-hydrogen) atoms. The van der Waals surface area contributed by atoms with Crippen LogP contribution in [0.4, 0.5) is 0 Å². The predicted octanol–water partition coefficient (Wildman–Crippen LogP) is 4.51. The lowest BCUT2D eigenvalue weighted by Crippen LogP contribution is -2.40. The van der Waals surface area contributed by atoms with E-state index in [1.807, 2.05) is 36.4 Å². The van der Waals surface area contributed by atoms with E-state index in [2.05, 4.69) is 15.1 Å². The summed E-state index contributed by atoms with van der Waals surface area (Å²) in [5, 5.41) is 36.9. The van der Waals surface area contributed by atoms with E-state index < -0.39 is 18.0 Å². The molecule has 1 saturated heterocycles. The summed E-state index contributed by atoms with van der Waals surface area (Å²) in [5.74, 6) is 1.56. The smallest absolute Gasteiger partial charge is 0.335 e. The third-order valence-electron chi connectivity index (χ3n) is 8.04. The number of rotatable bonds is 11. The van der Waals surface area contributed by atoms with Gasteiger partial charge in [-0.1, -0.05) is 17.7 Å². The van der Waals surface area contributed by atoms with Crippen molar-refractivity contribution in [3.05, 3.63) is 88.3 Å². The lowest BCUT2D eigenvalue weighted by atomic mass is 9.88. The fraction of sp³-hybridized carbons (Fsp3) is 0.314. The van der Waals surface area contributed by atoms with E-state index in [-0.39, 0.29) is 28.7 Å². The van der Waals surface area contributed by atoms with Crippen molar-refractivity contribution in [1.29, 1.82) is 0 Å². The van der Waals surface area contributed by atoms with Crippen molar-refractivity contribution in [2.24, 2.45) is 0 Å². The van der Waals surface area contributed by atoms with Gasteiger partial charge in [0.15, 0.2) is 5.76 Å². The molecule has 0 radical (unpaired) electrons. The van der Waals surface area contributed by atoms with Gasteiger partial charge in [0.1, 0.15) is 35.5 Å². The fourth-order valence-corrected chi connectivity index (χ4v) is 5.87. The number of carbonyl (C=O) groups is 2. The zero-order valence-electron chi connectivity index (χ0n) is 28.1. The van der Waals surface area contributed by atoms with Gasteiger partial charge in [-0.2, -0.15) is 0 Å². The van der Waals surface area contributed by atoms with Crippen LogP contribution in [-0.2, 0) is 0 Å². The van der Waals surface area contributed by atoms with Crippen molar-refractivity contribution in [1.82, 2.24) is 15.1 Å². The number of aliphatic hydroxyl groups is 1. The van der Waals surface area contributed by atoms with Crippen molar-refractivity contribution in [3.8, 4) is 28.9 Å². The van der Waals surface area contributed by atoms with E-state index >= 15 is 0 Å². The molecule has 1 aliphatic rings. The molecule has 0 unspecified atom stereocenters. The summed E-state index contributed by atoms with van der Waals surface area (Å²) in [6.07, 6.45) is 1.21. The number of aliphatic hydroxyl groups excluding tert-OH is 1. The molecule has 3 heterocycles. The van der Waals surface area contributed by atoms with Crippen molar-refractivity contribution < 1.29 is 58.9 Å². The van der Waals surface area contributed by atoms with Gasteiger partial charge in [-0.3, -0.25) is 0 Å². The number of carboxylic acid groups (broad SMARTS) is 2. The summed E-state index contributed by atoms with van der Waals surface area (Å²) in [5.41, 5.74) is 1.87. The van der Waals surface area contributed by atoms with E-state index in [1.165, 1.54) is 24.3 Å². The van der Waals surface area contributed by atoms with E-state index in [1.54, 1.807) is 21.1 Å². The fourth-order valence-electron chi connectivity index (χ4n) is 5.67. The molecule has 274 valence electrons. The summed E-state index contributed by atoms with van der Waals surface area (Å²) in [7, 11) is 3.30. The second-order valence-corrected chi connectivity index (χ2v) is 11.8. The van der Waals surface area contributed by atoms with Gasteiger partial charge in [0.05, 0.1) is 30.7 Å². The van der Waals surface area contributed by atoms with Crippen LogP contribution in [0.1, 0.15) is 50.9 Å². The van der Waals surface area contributed by atoms with Gasteiger partial charge >= 0.3 is 11.9 Å². The number of benzene rings is 3. The Morgan fingerprint density at radius 2 is 1.49 bits per heavy atom. The maximum atomic E-state index is 10.7. The zero-order valence-corrected chi connectivity index (χ0v) is 28.8. The zero-order chi connectivity index (χ0) is 35.1. The number of nitrogens with zero attached hydrogens (tertiary/aromatic N) is 3. The number of carboxylic acids is 2. The Morgan fingerprint density at radius 1 is 0.902 bits per heavy atom. The predicted molar refractivity (Wildman–Crippen MR) is 186 cm³/mol. The second kappa shape index (κ2) is 18.2. The molecule has 5 aromatic rings. The Hall–Kier alpha value is -5.19. The van der Waals surface area contributed by atoms with Crippen molar-refractivity contribution in [3.63, 3.8) is 0 Å². The number of β-amino-alcohol motifs (C(OH)–C–C–N with tert-alkyl or cyclic N) is 1. The van der Waals surface area contributed by atoms with Crippen LogP contribution in [0.25, 0.3) is 22.6 Å². The minimum absolute atomic E-state index is 0. The molecular formula is C35H40ClN3O12. The number of fused-ring (bicyclic) bond motifs is 1. The molecular weight excluding hydrogens is 690 g/mol. The minimum atomic E-state index is -1.06. The monoisotopic (exact) mass is 729 g/mol. The third kappa shape index (κ3) is 9.96. The number of halogens is 1. The standard InChI is InChI=1S/C27H30ClN3O6.C8H6O4.2H2O/c1-16-29-30-27(36-16)25-13-20-21(5-4-6-22(20)37-25)35-15-19(32)14-31-9-7-17(8-10-31)26-23(33-2)11-18(28)12-24(26)34-3;9-7(10)5-1-2-6(4-3-5)8(11)12;;/h4-6,11-13,17,19,32H,7-10,14-15H2,1-3H3;1-4H,(H,9,10)(H,11,12);2*1H2/t19-;;;/m0.../s1. The quantitative estimate of drug-likeness (QED) is 0.170. The number of aromatic carboxylic acids is 2. The summed E-state index contributed by atoms with van der Waals surface area (Å²) < 4.78 is 28.5. The molecule has 1 fully saturated rings. The van der Waals surface area contributed by atoms with Gasteiger partial charge in [-0.05, 0) is 80.4 Å². The Morgan fingerprint density at radius 3 is 2.00 bits per heavy atom. The van der Waals surface area contributed by atoms with Crippen LogP contribution in [0.15, 0.2) is 69.5 Å². The summed E-state index contributed by atoms with van der Waals surface area (Å²) in [4.78, 5) is 22.9. The highest BCUT2D eigenvalue weighted by Crippen LogP contribution is 2.42. The first kappa shape index (κ1) is 40.2. The molecule has 0 amide bonds. The van der Waals surface area contributed by atoms with Crippen LogP contribution in [0.5, 0.6) is 17.2 Å². The summed E-state index contributed by atoms with van der Waals surface area (Å²) in [6, 6.07) is 16.1. The van der Waals surface area contributed by atoms with Gasteiger partial charge in [0.2, 0.25) is 5.89 Å². The molecule has 1 atom stereocenters. The van der Waals surface area contributed by atoms with Crippen LogP contribution < -0.4 is 14.2 Å². The average molecular weight is 730 g/mol. The van der Waals surface area contributed by atoms with Crippen molar-refractivity contribution in [2.45, 2.75) is 31.8 Å². The molecule has 7 N–H and O–H groups in total. The molecule has 6 rings (SSSR count). The highest BCUT2D eigenvalue weighted by molar-refractivity contribution is 6.30. The van der Waals surface area contributed by atoms with Gasteiger partial charge in [0, 0.05) is 30.1 Å². The minimum Gasteiger partial charge on any atom is -0.496 e. The second-order valence-electron chi connectivity index (χ2n) is 11.4. The number of hydrogen-bond acceptors (Lipinski definition) is 11. The number of aryl methyl sites for hydroxylation is 1. The van der Waals surface area contributed by atoms with E-state index in [0.29, 0.717) is 46.4 Å². The van der Waals surface area contributed by atoms with Gasteiger partial charge < -0.3 is 54.2 Å². The number of likely N-dealkylation sites (tertiary alicyclic amines) is 1. The first-order valence-corrected chi connectivity index (χ1v) is 15.8. The van der Waals surface area contributed by atoms with Crippen molar-refractivity contribution >= 4 is 34.5 Å². The lowest BCUT2D eigenvalue weighted by molar-refractivity contribution is 0.0597. The Kier molecular flexibility index (Phi) is 14.3. The highest BCUT2D eigenvalue weighted by Gasteiger charge is 2.28. The topological polar surface area (TPSA) is 241 Å². The van der Waals surface area contributed by atoms with Gasteiger partial charge in [-0.25, -0.2) is 9.59 Å². The normalized spacial score (nSPS) is 13.6. The number of methoxy groups -OCH3 is 2. The van der Waals surface area contributed by atoms with Gasteiger partial charge in [0.25, 0.3) is 5.89 Å². The first-order valence-electron chi connectivity index (χ1n) is 15.4. The van der Waals surface area contributed by atoms with Crippen LogP contribution in [-0.4, -0.2) is 99.9 Å². The molecule has 0 bridgehead atoms. The molecule has 16 heteroatoms. The van der Waals surface area contributed by atoms with Crippen LogP contribution >= 0.6 is 11.6 Å². The molecule has 0 aliphatic carbocycles. The maximum Gasteiger partial charge on any atom is 0.335 e. The SMILES string of the molecule is COc1cc(Cl)cc(OC)c1C1CCN(C[C@H](O)COc2cccc3oc(-c4nnc(C)o4)cc23)CC1.O.O.O=C(O)c1ccc(C(=O)O)cc1. The number of piperidine rings is 1. The number of aromatic nitrogens is 2. The van der Waals surface area contributed by atoms with Crippen LogP contribution in [0, 0.1) is 6.92 Å². The Bertz CT molecular complexity index is 1840. The largest absolute Gasteiger partial charge is 0.496 e. The maximum absolute atomic E-state index is 10.7. The van der Waals surface area contributed by atoms with Crippen LogP contribution in [0.2, 0.25) is 5.02 Å². The van der Waals surface area contributed by atoms with E-state index in [0.717, 1.165) is 48.4 Å². The summed E-state index contributed by atoms with van der Waals surface area (Å²) >= 11 is 6.21. The lowest BCUT2D eigenvalue weighted by Gasteiger charge is -2.34. The third-order valence-corrected chi connectivity index (χ3v) is 8.26. The molecule has 0 spiro atoms. The first-order chi connectivity index (χ1) is 23.6. The number of hydrogen-bond donors (Lipinski definition) is 3. The molecule has 3 aromatic carbocycles. The number of ether oxygens (including phenoxy) is 3. The average Bonchev–Trinajstić information content (AvgIpc) is 3.74. The highest BCUT2D eigenvalue weighted by atomic mass is 35.5. The molecule has 15 nitrogen and oxygen atoms in total.